The first-order valence-electron chi connectivity index (χ1n) is 9.09. The summed E-state index contributed by atoms with van der Waals surface area (Å²) in [4.78, 5) is 0. The molecular weight excluding hydrogens is 429 g/mol. The monoisotopic (exact) mass is 456 g/mol. The van der Waals surface area contributed by atoms with Crippen LogP contribution in [0.15, 0.2) is 30.3 Å². The molecule has 0 aromatic heterocycles. The number of ether oxygens (including phenoxy) is 2. The fourth-order valence-corrected chi connectivity index (χ4v) is 3.78. The topological polar surface area (TPSA) is 71.1 Å². The molecule has 1 aromatic rings. The molecule has 6 nitrogen and oxygen atoms in total. The fraction of sp³-hybridized carbons (Fsp3) is 0.667. The molecule has 1 aliphatic rings. The summed E-state index contributed by atoms with van der Waals surface area (Å²) in [6.07, 6.45) is -2.67. The zero-order valence-corrected chi connectivity index (χ0v) is 18.8. The van der Waals surface area contributed by atoms with Crippen molar-refractivity contribution in [2.75, 3.05) is 13.2 Å². The molecule has 1 heterocycles. The Hall–Kier alpha value is -0.983. The summed E-state index contributed by atoms with van der Waals surface area (Å²) in [7, 11) is -7.89. The third kappa shape index (κ3) is 6.02. The van der Waals surface area contributed by atoms with E-state index in [-0.39, 0.29) is 11.6 Å². The molecule has 3 atom stereocenters. The maximum Gasteiger partial charge on any atom is 0.523 e. The molecule has 11 heteroatoms. The number of alkyl halides is 3. The number of halogens is 3. The maximum atomic E-state index is 12.6. The van der Waals surface area contributed by atoms with E-state index in [1.165, 1.54) is 0 Å². The maximum absolute atomic E-state index is 12.6. The molecule has 0 N–H and O–H groups in total. The normalized spacial score (nSPS) is 24.1. The molecule has 0 spiro atoms. The van der Waals surface area contributed by atoms with Crippen molar-refractivity contribution < 1.29 is 39.7 Å². The predicted molar refractivity (Wildman–Crippen MR) is 103 cm³/mol. The quantitative estimate of drug-likeness (QED) is 0.345. The van der Waals surface area contributed by atoms with Crippen LogP contribution in [-0.4, -0.2) is 47.7 Å². The van der Waals surface area contributed by atoms with E-state index in [1.54, 1.807) is 30.3 Å². The molecular formula is C18H27F3O6SSi. The van der Waals surface area contributed by atoms with E-state index in [4.69, 9.17) is 13.9 Å². The van der Waals surface area contributed by atoms with Gasteiger partial charge in [-0.05, 0) is 18.1 Å². The molecule has 1 unspecified atom stereocenters. The van der Waals surface area contributed by atoms with Crippen LogP contribution >= 0.6 is 0 Å². The predicted octanol–water partition coefficient (Wildman–Crippen LogP) is 4.36. The molecule has 0 radical (unpaired) electrons. The first-order chi connectivity index (χ1) is 13.1. The smallest absolute Gasteiger partial charge is 0.414 e. The van der Waals surface area contributed by atoms with E-state index < -0.39 is 49.0 Å². The van der Waals surface area contributed by atoms with Gasteiger partial charge in [0.2, 0.25) is 0 Å². The van der Waals surface area contributed by atoms with Gasteiger partial charge in [-0.3, -0.25) is 4.18 Å². The molecule has 2 rings (SSSR count). The molecule has 1 fully saturated rings. The van der Waals surface area contributed by atoms with E-state index in [0.29, 0.717) is 5.56 Å². The Kier molecular flexibility index (Phi) is 7.23. The minimum atomic E-state index is -5.73. The first-order valence-corrected chi connectivity index (χ1v) is 13.4. The highest BCUT2D eigenvalue weighted by molar-refractivity contribution is 7.87. The van der Waals surface area contributed by atoms with Gasteiger partial charge in [-0.15, -0.1) is 0 Å². The van der Waals surface area contributed by atoms with Crippen molar-refractivity contribution in [1.82, 2.24) is 0 Å². The van der Waals surface area contributed by atoms with E-state index in [1.807, 2.05) is 13.1 Å². The van der Waals surface area contributed by atoms with Crippen molar-refractivity contribution in [3.8, 4) is 0 Å². The first kappa shape index (κ1) is 24.3. The number of benzene rings is 1. The number of hydrogen-bond donors (Lipinski definition) is 0. The van der Waals surface area contributed by atoms with Crippen LogP contribution in [0.4, 0.5) is 13.2 Å². The van der Waals surface area contributed by atoms with Crippen LogP contribution in [0.1, 0.15) is 32.6 Å². The second-order valence-electron chi connectivity index (χ2n) is 8.35. The SMILES string of the molecule is CC(C)(C)[Si](C)(C)OC[C@@H]1OC(c2ccccc2)O[C@H]1COS(=O)(=O)C(F)(F)F. The summed E-state index contributed by atoms with van der Waals surface area (Å²) in [5.74, 6) is 0. The minimum Gasteiger partial charge on any atom is -0.414 e. The lowest BCUT2D eigenvalue weighted by molar-refractivity contribution is -0.0781. The Labute approximate surface area is 170 Å². The molecule has 1 aromatic carbocycles. The Bertz CT molecular complexity index is 777. The average Bonchev–Trinajstić information content (AvgIpc) is 3.00. The van der Waals surface area contributed by atoms with Gasteiger partial charge in [-0.1, -0.05) is 51.1 Å². The third-order valence-electron chi connectivity index (χ3n) is 5.17. The Morgan fingerprint density at radius 3 is 2.00 bits per heavy atom. The van der Waals surface area contributed by atoms with E-state index in [9.17, 15) is 21.6 Å². The van der Waals surface area contributed by atoms with Crippen molar-refractivity contribution in [1.29, 1.82) is 0 Å². The lowest BCUT2D eigenvalue weighted by Crippen LogP contribution is -2.44. The van der Waals surface area contributed by atoms with E-state index >= 15 is 0 Å². The molecule has 0 bridgehead atoms. The number of rotatable bonds is 7. The van der Waals surface area contributed by atoms with Crippen molar-refractivity contribution in [3.63, 3.8) is 0 Å². The molecule has 0 saturated carbocycles. The molecule has 0 aliphatic carbocycles. The second kappa shape index (κ2) is 8.64. The van der Waals surface area contributed by atoms with Crippen molar-refractivity contribution in [2.24, 2.45) is 0 Å². The van der Waals surface area contributed by atoms with Crippen LogP contribution in [0.25, 0.3) is 0 Å². The van der Waals surface area contributed by atoms with Gasteiger partial charge >= 0.3 is 15.6 Å². The van der Waals surface area contributed by atoms with Crippen LogP contribution in [0.3, 0.4) is 0 Å². The van der Waals surface area contributed by atoms with Gasteiger partial charge in [0, 0.05) is 5.56 Å². The standard InChI is InChI=1S/C18H27F3O6SSi/c1-17(2,3)29(4,5)25-12-15-14(11-24-28(22,23)18(19,20)21)26-16(27-15)13-9-7-6-8-10-13/h6-10,14-16H,11-12H2,1-5H3/t14-,15-,16?/m0/s1. The second-order valence-corrected chi connectivity index (χ2v) is 14.8. The lowest BCUT2D eigenvalue weighted by atomic mass is 10.2. The van der Waals surface area contributed by atoms with Crippen LogP contribution < -0.4 is 0 Å². The van der Waals surface area contributed by atoms with Gasteiger partial charge in [0.05, 0.1) is 13.2 Å². The van der Waals surface area contributed by atoms with Crippen LogP contribution in [0, 0.1) is 0 Å². The van der Waals surface area contributed by atoms with Gasteiger partial charge in [0.15, 0.2) is 14.6 Å². The van der Waals surface area contributed by atoms with Gasteiger partial charge in [-0.2, -0.15) is 21.6 Å². The minimum absolute atomic E-state index is 0.0555. The highest BCUT2D eigenvalue weighted by Gasteiger charge is 2.49. The highest BCUT2D eigenvalue weighted by Crippen LogP contribution is 2.38. The number of hydrogen-bond acceptors (Lipinski definition) is 6. The molecule has 29 heavy (non-hydrogen) atoms. The summed E-state index contributed by atoms with van der Waals surface area (Å²) in [6, 6.07) is 8.81. The van der Waals surface area contributed by atoms with Crippen LogP contribution in [0.5, 0.6) is 0 Å². The zero-order valence-electron chi connectivity index (χ0n) is 17.0. The van der Waals surface area contributed by atoms with Gasteiger partial charge in [-0.25, -0.2) is 0 Å². The highest BCUT2D eigenvalue weighted by atomic mass is 32.2. The average molecular weight is 457 g/mol. The summed E-state index contributed by atoms with van der Waals surface area (Å²) >= 11 is 0. The molecule has 0 amide bonds. The van der Waals surface area contributed by atoms with E-state index in [2.05, 4.69) is 25.0 Å². The molecule has 1 saturated heterocycles. The Morgan fingerprint density at radius 1 is 1.00 bits per heavy atom. The summed E-state index contributed by atoms with van der Waals surface area (Å²) < 4.78 is 82.0. The largest absolute Gasteiger partial charge is 0.523 e. The van der Waals surface area contributed by atoms with Crippen LogP contribution in [0.2, 0.25) is 18.1 Å². The summed E-state index contributed by atoms with van der Waals surface area (Å²) in [5.41, 5.74) is -4.84. The fourth-order valence-electron chi connectivity index (χ4n) is 2.32. The van der Waals surface area contributed by atoms with Crippen LogP contribution in [-0.2, 0) is 28.2 Å². The molecule has 1 aliphatic heterocycles. The Morgan fingerprint density at radius 2 is 1.52 bits per heavy atom. The van der Waals surface area contributed by atoms with Gasteiger partial charge in [0.25, 0.3) is 0 Å². The van der Waals surface area contributed by atoms with Gasteiger partial charge < -0.3 is 13.9 Å². The molecule has 166 valence electrons. The summed E-state index contributed by atoms with van der Waals surface area (Å²) in [6.45, 7) is 9.43. The Balaban J connectivity index is 2.13. The van der Waals surface area contributed by atoms with Gasteiger partial charge in [0.1, 0.15) is 12.2 Å². The van der Waals surface area contributed by atoms with Crippen molar-refractivity contribution >= 4 is 18.4 Å². The van der Waals surface area contributed by atoms with E-state index in [0.717, 1.165) is 0 Å². The van der Waals surface area contributed by atoms with Crippen molar-refractivity contribution in [3.05, 3.63) is 35.9 Å². The third-order valence-corrected chi connectivity index (χ3v) is 10.7. The van der Waals surface area contributed by atoms with Crippen molar-refractivity contribution in [2.45, 2.75) is 62.9 Å². The summed E-state index contributed by atoms with van der Waals surface area (Å²) in [5, 5.41) is -0.0864. The lowest BCUT2D eigenvalue weighted by Gasteiger charge is -2.37. The zero-order chi connectivity index (χ0) is 22.1.